The molecule has 2 rings (SSSR count). The highest BCUT2D eigenvalue weighted by atomic mass is 79.9. The number of benzene rings is 1. The second-order valence-electron chi connectivity index (χ2n) is 5.80. The molecule has 0 aliphatic heterocycles. The predicted octanol–water partition coefficient (Wildman–Crippen LogP) is 3.29. The maximum atomic E-state index is 12.6. The summed E-state index contributed by atoms with van der Waals surface area (Å²) in [6.45, 7) is 0.766. The van der Waals surface area contributed by atoms with Crippen molar-refractivity contribution in [2.24, 2.45) is 0 Å². The number of hydrogen-bond acceptors (Lipinski definition) is 3. The summed E-state index contributed by atoms with van der Waals surface area (Å²) in [5.41, 5.74) is 0.823. The van der Waals surface area contributed by atoms with E-state index in [1.165, 1.54) is 6.42 Å². The Kier molecular flexibility index (Phi) is 4.82. The molecule has 3 nitrogen and oxygen atoms in total. The van der Waals surface area contributed by atoms with E-state index in [1.807, 2.05) is 30.1 Å². The van der Waals surface area contributed by atoms with Gasteiger partial charge in [-0.25, -0.2) is 0 Å². The summed E-state index contributed by atoms with van der Waals surface area (Å²) in [5, 5.41) is 0. The largest absolute Gasteiger partial charge is 0.340 e. The topological polar surface area (TPSA) is 23.6 Å². The van der Waals surface area contributed by atoms with Crippen LogP contribution in [0.25, 0.3) is 0 Å². The molecule has 1 aromatic rings. The Morgan fingerprint density at radius 1 is 1.35 bits per heavy atom. The number of amides is 1. The zero-order valence-electron chi connectivity index (χ0n) is 12.2. The third-order valence-corrected chi connectivity index (χ3v) is 5.26. The number of likely N-dealkylation sites (N-methyl/N-ethyl adjacent to an activating group) is 2. The average molecular weight is 357 g/mol. The van der Waals surface area contributed by atoms with Crippen molar-refractivity contribution in [3.63, 3.8) is 0 Å². The van der Waals surface area contributed by atoms with Crippen molar-refractivity contribution >= 4 is 34.5 Å². The van der Waals surface area contributed by atoms with Crippen molar-refractivity contribution in [1.82, 2.24) is 9.80 Å². The monoisotopic (exact) mass is 356 g/mol. The van der Waals surface area contributed by atoms with E-state index in [9.17, 15) is 4.79 Å². The van der Waals surface area contributed by atoms with Crippen LogP contribution in [0.4, 0.5) is 0 Å². The Morgan fingerprint density at radius 2 is 2.00 bits per heavy atom. The molecule has 20 heavy (non-hydrogen) atoms. The second-order valence-corrected chi connectivity index (χ2v) is 7.17. The van der Waals surface area contributed by atoms with Crippen LogP contribution in [0.1, 0.15) is 29.6 Å². The van der Waals surface area contributed by atoms with Crippen LogP contribution in [0, 0.1) is 0 Å². The second kappa shape index (κ2) is 6.08. The predicted molar refractivity (Wildman–Crippen MR) is 88.6 cm³/mol. The first-order chi connectivity index (χ1) is 9.35. The fourth-order valence-electron chi connectivity index (χ4n) is 2.73. The maximum Gasteiger partial charge on any atom is 0.254 e. The first-order valence-electron chi connectivity index (χ1n) is 6.77. The lowest BCUT2D eigenvalue weighted by atomic mass is 9.75. The minimum absolute atomic E-state index is 0.0425. The van der Waals surface area contributed by atoms with Crippen LogP contribution in [0.2, 0.25) is 0 Å². The van der Waals surface area contributed by atoms with Gasteiger partial charge in [0.05, 0.1) is 5.56 Å². The Labute approximate surface area is 134 Å². The summed E-state index contributed by atoms with van der Waals surface area (Å²) in [4.78, 5) is 17.5. The molecule has 1 aromatic carbocycles. The Balaban J connectivity index is 2.14. The lowest BCUT2D eigenvalue weighted by Gasteiger charge is -2.49. The number of rotatable bonds is 4. The summed E-state index contributed by atoms with van der Waals surface area (Å²) >= 11 is 7.76. The minimum atomic E-state index is 0.0425. The van der Waals surface area contributed by atoms with E-state index in [4.69, 9.17) is 0 Å². The van der Waals surface area contributed by atoms with E-state index in [2.05, 4.69) is 47.6 Å². The van der Waals surface area contributed by atoms with Gasteiger partial charge in [0.2, 0.25) is 0 Å². The van der Waals surface area contributed by atoms with E-state index in [-0.39, 0.29) is 11.4 Å². The quantitative estimate of drug-likeness (QED) is 0.836. The van der Waals surface area contributed by atoms with Gasteiger partial charge >= 0.3 is 0 Å². The van der Waals surface area contributed by atoms with Crippen LogP contribution in [0.3, 0.4) is 0 Å². The van der Waals surface area contributed by atoms with Gasteiger partial charge in [0.15, 0.2) is 0 Å². The minimum Gasteiger partial charge on any atom is -0.340 e. The fraction of sp³-hybridized carbons (Fsp3) is 0.533. The molecule has 1 aliphatic carbocycles. The molecule has 110 valence electrons. The van der Waals surface area contributed by atoms with Gasteiger partial charge in [-0.15, -0.1) is 12.6 Å². The normalized spacial score (nSPS) is 16.9. The molecule has 0 heterocycles. The fourth-order valence-corrected chi connectivity index (χ4v) is 3.35. The van der Waals surface area contributed by atoms with E-state index < -0.39 is 0 Å². The summed E-state index contributed by atoms with van der Waals surface area (Å²) in [6, 6.07) is 5.56. The molecule has 0 spiro atoms. The summed E-state index contributed by atoms with van der Waals surface area (Å²) in [5.74, 6) is 0.0425. The van der Waals surface area contributed by atoms with Crippen LogP contribution in [0.15, 0.2) is 27.6 Å². The smallest absolute Gasteiger partial charge is 0.254 e. The van der Waals surface area contributed by atoms with Crippen molar-refractivity contribution in [3.05, 3.63) is 28.2 Å². The number of thiol groups is 1. The number of halogens is 1. The molecule has 0 unspecified atom stereocenters. The molecule has 0 N–H and O–H groups in total. The Morgan fingerprint density at radius 3 is 2.50 bits per heavy atom. The molecule has 0 aromatic heterocycles. The van der Waals surface area contributed by atoms with Crippen LogP contribution in [0.5, 0.6) is 0 Å². The van der Waals surface area contributed by atoms with Crippen LogP contribution >= 0.6 is 28.6 Å². The Bertz CT molecular complexity index is 515. The number of carbonyl (C=O) groups is 1. The van der Waals surface area contributed by atoms with Gasteiger partial charge in [-0.3, -0.25) is 4.79 Å². The molecule has 1 amide bonds. The molecular formula is C15H21BrN2OS. The third kappa shape index (κ3) is 3.05. The summed E-state index contributed by atoms with van der Waals surface area (Å²) in [6.07, 6.45) is 3.56. The molecule has 0 atom stereocenters. The molecular weight excluding hydrogens is 336 g/mol. The number of carbonyl (C=O) groups excluding carboxylic acids is 1. The van der Waals surface area contributed by atoms with Gasteiger partial charge in [0.1, 0.15) is 0 Å². The lowest BCUT2D eigenvalue weighted by Crippen LogP contribution is -2.57. The molecule has 1 aliphatic rings. The molecule has 1 saturated carbocycles. The van der Waals surface area contributed by atoms with E-state index in [1.54, 1.807) is 0 Å². The van der Waals surface area contributed by atoms with Gasteiger partial charge in [-0.05, 0) is 67.5 Å². The Hall–Kier alpha value is -0.520. The highest BCUT2D eigenvalue weighted by Crippen LogP contribution is 2.37. The van der Waals surface area contributed by atoms with Gasteiger partial charge < -0.3 is 9.80 Å². The van der Waals surface area contributed by atoms with Gasteiger partial charge in [-0.1, -0.05) is 0 Å². The van der Waals surface area contributed by atoms with Crippen molar-refractivity contribution in [2.45, 2.75) is 29.7 Å². The zero-order valence-corrected chi connectivity index (χ0v) is 14.7. The highest BCUT2D eigenvalue weighted by molar-refractivity contribution is 9.10. The highest BCUT2D eigenvalue weighted by Gasteiger charge is 2.40. The van der Waals surface area contributed by atoms with Crippen LogP contribution in [-0.4, -0.2) is 48.9 Å². The molecule has 0 saturated heterocycles. The average Bonchev–Trinajstić information content (AvgIpc) is 2.35. The van der Waals surface area contributed by atoms with E-state index in [0.29, 0.717) is 5.56 Å². The maximum absolute atomic E-state index is 12.6. The van der Waals surface area contributed by atoms with Crippen LogP contribution in [-0.2, 0) is 0 Å². The number of nitrogens with zero attached hydrogens (tertiary/aromatic N) is 2. The summed E-state index contributed by atoms with van der Waals surface area (Å²) < 4.78 is 0.819. The number of hydrogen-bond donors (Lipinski definition) is 1. The lowest BCUT2D eigenvalue weighted by molar-refractivity contribution is 0.0252. The van der Waals surface area contributed by atoms with E-state index in [0.717, 1.165) is 28.8 Å². The van der Waals surface area contributed by atoms with E-state index >= 15 is 0 Å². The van der Waals surface area contributed by atoms with Crippen molar-refractivity contribution < 1.29 is 4.79 Å². The van der Waals surface area contributed by atoms with Crippen molar-refractivity contribution in [3.8, 4) is 0 Å². The summed E-state index contributed by atoms with van der Waals surface area (Å²) in [7, 11) is 6.08. The first kappa shape index (κ1) is 15.9. The van der Waals surface area contributed by atoms with Gasteiger partial charge in [0.25, 0.3) is 5.91 Å². The third-order valence-electron chi connectivity index (χ3n) is 4.29. The molecule has 0 bridgehead atoms. The first-order valence-corrected chi connectivity index (χ1v) is 8.01. The zero-order chi connectivity index (χ0) is 14.9. The van der Waals surface area contributed by atoms with Crippen LogP contribution < -0.4 is 0 Å². The molecule has 1 fully saturated rings. The molecule has 0 radical (unpaired) electrons. The standard InChI is InChI=1S/C15H21BrN2OS/c1-17(2)15(7-4-8-15)10-18(3)14(19)12-9-11(20)5-6-13(12)16/h5-6,9,20H,4,7-8,10H2,1-3H3. The SMILES string of the molecule is CN(CC1(N(C)C)CCC1)C(=O)c1cc(S)ccc1Br. The molecule has 5 heteroatoms. The van der Waals surface area contributed by atoms with Crippen molar-refractivity contribution in [1.29, 1.82) is 0 Å². The van der Waals surface area contributed by atoms with Crippen molar-refractivity contribution in [2.75, 3.05) is 27.7 Å². The van der Waals surface area contributed by atoms with Gasteiger partial charge in [-0.2, -0.15) is 0 Å². The van der Waals surface area contributed by atoms with Gasteiger partial charge in [0, 0.05) is 28.5 Å².